The minimum Gasteiger partial charge on any atom is -0.311 e. The molecule has 11 rings (SSSR count). The number of fused-ring (bicyclic) bond motifs is 7. The summed E-state index contributed by atoms with van der Waals surface area (Å²) in [6, 6.07) is 58.4. The molecule has 5 heteroatoms. The van der Waals surface area contributed by atoms with Crippen LogP contribution >= 0.6 is 0 Å². The van der Waals surface area contributed by atoms with Crippen LogP contribution in [0.1, 0.15) is 163 Å². The van der Waals surface area contributed by atoms with Crippen molar-refractivity contribution in [1.29, 1.82) is 0 Å². The maximum atomic E-state index is 5.70. The van der Waals surface area contributed by atoms with Gasteiger partial charge in [-0.05, 0) is 175 Å². The molecule has 1 aromatic heterocycles. The zero-order chi connectivity index (χ0) is 55.4. The van der Waals surface area contributed by atoms with Crippen molar-refractivity contribution in [3.8, 4) is 5.69 Å². The number of rotatable bonds is 9. The first-order valence-corrected chi connectivity index (χ1v) is 28.9. The van der Waals surface area contributed by atoms with E-state index in [2.05, 4.69) is 289 Å². The van der Waals surface area contributed by atoms with Gasteiger partial charge in [-0.3, -0.25) is 0 Å². The van der Waals surface area contributed by atoms with E-state index in [-0.39, 0.29) is 33.8 Å². The fraction of sp³-hybridized carbons (Fsp3) is 0.356. The molecule has 0 amide bonds. The van der Waals surface area contributed by atoms with Crippen LogP contribution in [0, 0.1) is 11.3 Å². The number of anilines is 6. The lowest BCUT2D eigenvalue weighted by Crippen LogP contribution is -2.55. The van der Waals surface area contributed by atoms with E-state index < -0.39 is 0 Å². The highest BCUT2D eigenvalue weighted by atomic mass is 15.2. The molecule has 0 spiro atoms. The van der Waals surface area contributed by atoms with Crippen molar-refractivity contribution >= 4 is 68.5 Å². The Hall–Kier alpha value is -6.85. The highest BCUT2D eigenvalue weighted by Gasteiger charge is 2.46. The summed E-state index contributed by atoms with van der Waals surface area (Å²) in [6.45, 7) is 37.2. The van der Waals surface area contributed by atoms with Crippen LogP contribution in [0.4, 0.5) is 34.1 Å². The summed E-state index contributed by atoms with van der Waals surface area (Å²) in [5, 5.41) is 0. The number of hydrogen-bond acceptors (Lipinski definition) is 3. The Balaban J connectivity index is 1.08. The van der Waals surface area contributed by atoms with Crippen LogP contribution in [0.3, 0.4) is 0 Å². The van der Waals surface area contributed by atoms with Gasteiger partial charge in [-0.1, -0.05) is 213 Å². The molecule has 78 heavy (non-hydrogen) atoms. The van der Waals surface area contributed by atoms with E-state index >= 15 is 0 Å². The third-order valence-corrected chi connectivity index (χ3v) is 17.6. The van der Waals surface area contributed by atoms with Crippen molar-refractivity contribution in [3.05, 3.63) is 208 Å². The normalized spacial score (nSPS) is 15.4. The van der Waals surface area contributed by atoms with Crippen LogP contribution in [0.2, 0.25) is 0 Å². The number of benzene rings is 7. The molecular formula is C73H83BN4. The number of para-hydroxylation sites is 1. The van der Waals surface area contributed by atoms with Gasteiger partial charge in [0.15, 0.2) is 0 Å². The van der Waals surface area contributed by atoms with Gasteiger partial charge in [0.05, 0.1) is 16.8 Å². The molecule has 0 fully saturated rings. The first-order chi connectivity index (χ1) is 36.7. The fourth-order valence-electron chi connectivity index (χ4n) is 12.6. The molecule has 3 aliphatic rings. The molecule has 0 radical (unpaired) electrons. The fourth-order valence-corrected chi connectivity index (χ4v) is 12.6. The van der Waals surface area contributed by atoms with Crippen LogP contribution in [-0.4, -0.2) is 16.3 Å². The molecule has 0 saturated heterocycles. The summed E-state index contributed by atoms with van der Waals surface area (Å²) in [6.07, 6.45) is 8.10. The van der Waals surface area contributed by atoms with Gasteiger partial charge >= 0.3 is 0 Å². The molecule has 8 aromatic rings. The van der Waals surface area contributed by atoms with Gasteiger partial charge in [0.25, 0.3) is 6.71 Å². The van der Waals surface area contributed by atoms with Gasteiger partial charge in [0.1, 0.15) is 0 Å². The summed E-state index contributed by atoms with van der Waals surface area (Å²) in [5.74, 6) is 0.681. The third kappa shape index (κ3) is 9.79. The Morgan fingerprint density at radius 2 is 1.06 bits per heavy atom. The molecule has 7 aromatic carbocycles. The van der Waals surface area contributed by atoms with Crippen molar-refractivity contribution in [3.63, 3.8) is 0 Å². The molecule has 3 heterocycles. The zero-order valence-electron chi connectivity index (χ0n) is 49.7. The monoisotopic (exact) mass is 1030 g/mol. The average molecular weight is 1030 g/mol. The Morgan fingerprint density at radius 3 is 1.60 bits per heavy atom. The summed E-state index contributed by atoms with van der Waals surface area (Å²) >= 11 is 0. The molecule has 2 unspecified atom stereocenters. The molecule has 1 aliphatic carbocycles. The number of aromatic nitrogens is 2. The molecule has 0 bridgehead atoms. The largest absolute Gasteiger partial charge is 0.311 e. The Labute approximate surface area is 468 Å². The van der Waals surface area contributed by atoms with Crippen molar-refractivity contribution in [2.75, 3.05) is 9.80 Å². The van der Waals surface area contributed by atoms with Crippen molar-refractivity contribution in [2.24, 2.45) is 11.3 Å². The second kappa shape index (κ2) is 19.2. The minimum atomic E-state index is -0.117. The first-order valence-electron chi connectivity index (χ1n) is 28.9. The topological polar surface area (TPSA) is 24.3 Å². The van der Waals surface area contributed by atoms with Crippen molar-refractivity contribution in [2.45, 2.75) is 158 Å². The summed E-state index contributed by atoms with van der Waals surface area (Å²) in [7, 11) is 0. The van der Waals surface area contributed by atoms with E-state index in [9.17, 15) is 0 Å². The highest BCUT2D eigenvalue weighted by Crippen LogP contribution is 2.46. The van der Waals surface area contributed by atoms with Gasteiger partial charge in [0, 0.05) is 39.8 Å². The lowest BCUT2D eigenvalue weighted by molar-refractivity contribution is 0.455. The molecule has 0 saturated carbocycles. The predicted octanol–water partition coefficient (Wildman–Crippen LogP) is 18.0. The smallest absolute Gasteiger partial charge is 0.294 e. The van der Waals surface area contributed by atoms with E-state index in [1.807, 2.05) is 0 Å². The van der Waals surface area contributed by atoms with E-state index in [0.717, 1.165) is 53.3 Å². The van der Waals surface area contributed by atoms with E-state index in [0.29, 0.717) is 11.8 Å². The molecule has 2 aliphatic heterocycles. The van der Waals surface area contributed by atoms with E-state index in [1.54, 1.807) is 11.1 Å². The number of hydrogen-bond donors (Lipinski definition) is 0. The van der Waals surface area contributed by atoms with Gasteiger partial charge < -0.3 is 14.4 Å². The SMILES string of the molecule is CC(c1ccc(C(C)(C)C)cc1)C(Cc1ccc2nc3n(c2c1)-c1cc(C(C)(C)C)cc2c1B3c1ccc(N(c3ccc(C(C)(C)C)cc3)c3ccc(C(C)(C)C)cc3)cc1N2c1ccccc1)C1=CC=C(C(C)(C)C)CC1. The number of nitrogens with zero attached hydrogens (tertiary/aromatic N) is 4. The maximum absolute atomic E-state index is 5.70. The van der Waals surface area contributed by atoms with Crippen LogP contribution < -0.4 is 26.4 Å². The molecule has 4 nitrogen and oxygen atoms in total. The standard InChI is InChI=1S/C73H83BN4/c1-47(49-23-27-51(28-24-49)69(2,3)4)60(50-25-29-52(30-26-50)70(5,6)7)42-48-22-41-62-64(43-48)78-66-45-55(73(14,15)16)44-65-67(66)74(68(78)75-62)61-40-39-59(46-63(61)77(65)56-20-18-17-19-21-56)76(57-35-31-53(32-36-57)71(8,9)10)58-37-33-54(34-38-58)72(11,12)13/h17-25,27-29,31-41,43-47,60H,26,30,42H2,1-16H3. The maximum Gasteiger partial charge on any atom is 0.294 e. The van der Waals surface area contributed by atoms with Gasteiger partial charge in [-0.25, -0.2) is 4.98 Å². The molecule has 398 valence electrons. The van der Waals surface area contributed by atoms with Crippen LogP contribution in [-0.2, 0) is 28.1 Å². The van der Waals surface area contributed by atoms with Crippen molar-refractivity contribution in [1.82, 2.24) is 9.55 Å². The Morgan fingerprint density at radius 1 is 0.513 bits per heavy atom. The Kier molecular flexibility index (Phi) is 13.1. The van der Waals surface area contributed by atoms with E-state index in [1.165, 1.54) is 66.9 Å². The number of allylic oxidation sites excluding steroid dienone is 4. The summed E-state index contributed by atoms with van der Waals surface area (Å²) < 4.78 is 2.55. The van der Waals surface area contributed by atoms with Gasteiger partial charge in [0.2, 0.25) is 0 Å². The van der Waals surface area contributed by atoms with Crippen molar-refractivity contribution < 1.29 is 0 Å². The third-order valence-electron chi connectivity index (χ3n) is 17.6. The second-order valence-corrected chi connectivity index (χ2v) is 28.2. The predicted molar refractivity (Wildman–Crippen MR) is 337 cm³/mol. The summed E-state index contributed by atoms with van der Waals surface area (Å²) in [5.41, 5.74) is 25.5. The van der Waals surface area contributed by atoms with Crippen LogP contribution in [0.5, 0.6) is 0 Å². The van der Waals surface area contributed by atoms with E-state index in [4.69, 9.17) is 4.98 Å². The minimum absolute atomic E-state index is 0.0406. The first kappa shape index (κ1) is 53.2. The zero-order valence-corrected chi connectivity index (χ0v) is 49.7. The lowest BCUT2D eigenvalue weighted by atomic mass is 9.39. The molecular weight excluding hydrogens is 944 g/mol. The Bertz CT molecular complexity index is 3560. The quantitative estimate of drug-likeness (QED) is 0.135. The highest BCUT2D eigenvalue weighted by molar-refractivity contribution is 6.99. The lowest BCUT2D eigenvalue weighted by Gasteiger charge is -2.37. The molecule has 0 N–H and O–H groups in total. The van der Waals surface area contributed by atoms with Gasteiger partial charge in [-0.2, -0.15) is 0 Å². The second-order valence-electron chi connectivity index (χ2n) is 28.2. The average Bonchev–Trinajstić information content (AvgIpc) is 3.28. The van der Waals surface area contributed by atoms with Gasteiger partial charge in [-0.15, -0.1) is 0 Å². The number of imidazole rings is 1. The van der Waals surface area contributed by atoms with Crippen LogP contribution in [0.15, 0.2) is 175 Å². The molecule has 2 atom stereocenters. The summed E-state index contributed by atoms with van der Waals surface area (Å²) in [4.78, 5) is 10.7. The van der Waals surface area contributed by atoms with Crippen LogP contribution in [0.25, 0.3) is 16.7 Å².